The molecule has 1 aromatic carbocycles. The molecule has 18 heavy (non-hydrogen) atoms. The van der Waals surface area contributed by atoms with Crippen LogP contribution in [0.1, 0.15) is 6.92 Å². The van der Waals surface area contributed by atoms with Crippen LogP contribution < -0.4 is 4.72 Å². The van der Waals surface area contributed by atoms with Gasteiger partial charge in [0.2, 0.25) is 10.0 Å². The zero-order valence-electron chi connectivity index (χ0n) is 9.49. The number of nitrogens with zero attached hydrogens (tertiary/aromatic N) is 3. The van der Waals surface area contributed by atoms with Crippen LogP contribution >= 0.6 is 11.7 Å². The Morgan fingerprint density at radius 1 is 1.50 bits per heavy atom. The molecule has 1 N–H and O–H groups in total. The average molecular weight is 282 g/mol. The molecule has 0 radical (unpaired) electrons. The number of fused-ring (bicyclic) bond motifs is 1. The van der Waals surface area contributed by atoms with E-state index in [1.807, 2.05) is 6.07 Å². The molecule has 1 heterocycles. The summed E-state index contributed by atoms with van der Waals surface area (Å²) in [4.78, 5) is 0.0962. The molecule has 1 atom stereocenters. The van der Waals surface area contributed by atoms with Crippen LogP contribution in [0.3, 0.4) is 0 Å². The average Bonchev–Trinajstić information content (AvgIpc) is 2.83. The summed E-state index contributed by atoms with van der Waals surface area (Å²) in [6.07, 6.45) is 0. The van der Waals surface area contributed by atoms with E-state index in [0.717, 1.165) is 11.7 Å². The fraction of sp³-hybridized carbons (Fsp3) is 0.300. The number of rotatable bonds is 4. The van der Waals surface area contributed by atoms with Gasteiger partial charge in [-0.2, -0.15) is 14.0 Å². The molecule has 0 aliphatic carbocycles. The third-order valence-corrected chi connectivity index (χ3v) is 4.34. The summed E-state index contributed by atoms with van der Waals surface area (Å²) in [5.74, 6) is -0.382. The number of nitriles is 1. The Kier molecular flexibility index (Phi) is 3.56. The van der Waals surface area contributed by atoms with Gasteiger partial charge in [0.15, 0.2) is 0 Å². The Labute approximate surface area is 109 Å². The molecule has 0 bridgehead atoms. The smallest absolute Gasteiger partial charge is 0.210 e. The molecule has 1 aromatic heterocycles. The van der Waals surface area contributed by atoms with E-state index in [9.17, 15) is 8.42 Å². The number of hydrogen-bond acceptors (Lipinski definition) is 6. The summed E-state index contributed by atoms with van der Waals surface area (Å²) in [5, 5.41) is 8.64. The molecule has 0 aliphatic heterocycles. The molecule has 0 aliphatic rings. The van der Waals surface area contributed by atoms with E-state index in [2.05, 4.69) is 13.5 Å². The van der Waals surface area contributed by atoms with Crippen LogP contribution in [0.2, 0.25) is 0 Å². The third-order valence-electron chi connectivity index (χ3n) is 2.34. The molecule has 94 valence electrons. The van der Waals surface area contributed by atoms with Crippen LogP contribution in [0.15, 0.2) is 23.1 Å². The summed E-state index contributed by atoms with van der Waals surface area (Å²) in [6, 6.07) is 6.76. The standard InChI is InChI=1S/C10H10N4O2S2/c1-7(5-11)6-12-18(15,16)9-4-2-3-8-10(9)14-17-13-8/h2-4,7,12H,6H2,1H3. The topological polar surface area (TPSA) is 95.7 Å². The van der Waals surface area contributed by atoms with Crippen molar-refractivity contribution in [2.75, 3.05) is 6.54 Å². The molecule has 2 aromatic rings. The van der Waals surface area contributed by atoms with E-state index in [-0.39, 0.29) is 17.4 Å². The maximum absolute atomic E-state index is 12.1. The number of benzene rings is 1. The van der Waals surface area contributed by atoms with Gasteiger partial charge in [0.1, 0.15) is 15.9 Å². The lowest BCUT2D eigenvalue weighted by Crippen LogP contribution is -2.28. The molecule has 1 unspecified atom stereocenters. The van der Waals surface area contributed by atoms with E-state index in [0.29, 0.717) is 11.0 Å². The van der Waals surface area contributed by atoms with Crippen molar-refractivity contribution in [1.29, 1.82) is 5.26 Å². The van der Waals surface area contributed by atoms with Crippen LogP contribution in [0.25, 0.3) is 11.0 Å². The highest BCUT2D eigenvalue weighted by molar-refractivity contribution is 7.89. The molecule has 6 nitrogen and oxygen atoms in total. The Balaban J connectivity index is 2.36. The second-order valence-electron chi connectivity index (χ2n) is 3.77. The van der Waals surface area contributed by atoms with E-state index in [1.54, 1.807) is 19.1 Å². The first-order valence-corrected chi connectivity index (χ1v) is 7.36. The van der Waals surface area contributed by atoms with Gasteiger partial charge in [-0.05, 0) is 19.1 Å². The highest BCUT2D eigenvalue weighted by Gasteiger charge is 2.19. The van der Waals surface area contributed by atoms with Gasteiger partial charge in [0.05, 0.1) is 23.7 Å². The lowest BCUT2D eigenvalue weighted by Gasteiger charge is -2.07. The van der Waals surface area contributed by atoms with E-state index < -0.39 is 10.0 Å². The summed E-state index contributed by atoms with van der Waals surface area (Å²) >= 11 is 0.967. The van der Waals surface area contributed by atoms with E-state index in [1.165, 1.54) is 6.07 Å². The molecule has 8 heteroatoms. The van der Waals surface area contributed by atoms with Gasteiger partial charge < -0.3 is 0 Å². The van der Waals surface area contributed by atoms with Crippen LogP contribution in [-0.4, -0.2) is 23.7 Å². The Morgan fingerprint density at radius 3 is 3.00 bits per heavy atom. The molecule has 0 amide bonds. The number of nitrogens with one attached hydrogen (secondary N) is 1. The lowest BCUT2D eigenvalue weighted by molar-refractivity contribution is 0.573. The van der Waals surface area contributed by atoms with Gasteiger partial charge in [-0.3, -0.25) is 0 Å². The molecule has 0 saturated carbocycles. The maximum Gasteiger partial charge on any atom is 0.242 e. The van der Waals surface area contributed by atoms with Crippen molar-refractivity contribution in [2.24, 2.45) is 5.92 Å². The van der Waals surface area contributed by atoms with Gasteiger partial charge >= 0.3 is 0 Å². The summed E-state index contributed by atoms with van der Waals surface area (Å²) in [5.41, 5.74) is 0.913. The first-order chi connectivity index (χ1) is 8.54. The second-order valence-corrected chi connectivity index (χ2v) is 6.03. The van der Waals surface area contributed by atoms with Gasteiger partial charge in [-0.25, -0.2) is 13.1 Å². The highest BCUT2D eigenvalue weighted by atomic mass is 32.2. The molecule has 0 saturated heterocycles. The molecule has 2 rings (SSSR count). The minimum absolute atomic E-state index is 0.0762. The molecular formula is C10H10N4O2S2. The first-order valence-electron chi connectivity index (χ1n) is 5.15. The van der Waals surface area contributed by atoms with Crippen LogP contribution in [0.5, 0.6) is 0 Å². The minimum atomic E-state index is -3.66. The highest BCUT2D eigenvalue weighted by Crippen LogP contribution is 2.20. The SMILES string of the molecule is CC(C#N)CNS(=O)(=O)c1cccc2nsnc12. The van der Waals surface area contributed by atoms with E-state index >= 15 is 0 Å². The predicted molar refractivity (Wildman–Crippen MR) is 67.4 cm³/mol. The van der Waals surface area contributed by atoms with Crippen LogP contribution in [-0.2, 0) is 10.0 Å². The number of hydrogen-bond donors (Lipinski definition) is 1. The van der Waals surface area contributed by atoms with Gasteiger partial charge in [-0.15, -0.1) is 0 Å². The van der Waals surface area contributed by atoms with Crippen molar-refractivity contribution in [3.05, 3.63) is 18.2 Å². The van der Waals surface area contributed by atoms with Crippen molar-refractivity contribution < 1.29 is 8.42 Å². The number of sulfonamides is 1. The van der Waals surface area contributed by atoms with E-state index in [4.69, 9.17) is 5.26 Å². The largest absolute Gasteiger partial charge is 0.242 e. The Morgan fingerprint density at radius 2 is 2.28 bits per heavy atom. The van der Waals surface area contributed by atoms with Gasteiger partial charge in [-0.1, -0.05) is 6.07 Å². The number of aromatic nitrogens is 2. The second kappa shape index (κ2) is 4.97. The zero-order chi connectivity index (χ0) is 13.2. The Hall–Kier alpha value is -1.56. The summed E-state index contributed by atoms with van der Waals surface area (Å²) < 4.78 is 34.5. The molecule has 0 fully saturated rings. The fourth-order valence-electron chi connectivity index (χ4n) is 1.36. The molecule has 0 spiro atoms. The predicted octanol–water partition coefficient (Wildman–Crippen LogP) is 1.13. The maximum atomic E-state index is 12.1. The van der Waals surface area contributed by atoms with Crippen molar-refractivity contribution in [3.63, 3.8) is 0 Å². The van der Waals surface area contributed by atoms with Crippen molar-refractivity contribution in [2.45, 2.75) is 11.8 Å². The monoisotopic (exact) mass is 282 g/mol. The Bertz CT molecular complexity index is 702. The fourth-order valence-corrected chi connectivity index (χ4v) is 3.25. The minimum Gasteiger partial charge on any atom is -0.210 e. The van der Waals surface area contributed by atoms with Crippen LogP contribution in [0.4, 0.5) is 0 Å². The van der Waals surface area contributed by atoms with Crippen molar-refractivity contribution in [3.8, 4) is 6.07 Å². The lowest BCUT2D eigenvalue weighted by atomic mass is 10.2. The zero-order valence-corrected chi connectivity index (χ0v) is 11.1. The third kappa shape index (κ3) is 2.48. The quantitative estimate of drug-likeness (QED) is 0.906. The normalized spacial score (nSPS) is 13.3. The summed E-state index contributed by atoms with van der Waals surface area (Å²) in [6.45, 7) is 1.72. The van der Waals surface area contributed by atoms with Gasteiger partial charge in [0.25, 0.3) is 0 Å². The molecular weight excluding hydrogens is 272 g/mol. The van der Waals surface area contributed by atoms with Crippen LogP contribution in [0, 0.1) is 17.2 Å². The first kappa shape index (κ1) is 12.9. The summed E-state index contributed by atoms with van der Waals surface area (Å²) in [7, 11) is -3.66. The van der Waals surface area contributed by atoms with Gasteiger partial charge in [0, 0.05) is 6.54 Å². The van der Waals surface area contributed by atoms with Crippen molar-refractivity contribution in [1.82, 2.24) is 13.5 Å². The van der Waals surface area contributed by atoms with Crippen molar-refractivity contribution >= 4 is 32.8 Å².